The zero-order chi connectivity index (χ0) is 12.7. The Morgan fingerprint density at radius 3 is 2.65 bits per heavy atom. The molecule has 1 rings (SSSR count). The van der Waals surface area contributed by atoms with Crippen molar-refractivity contribution in [2.24, 2.45) is 0 Å². The number of rotatable bonds is 6. The zero-order valence-electron chi connectivity index (χ0n) is 10.2. The normalized spacial score (nSPS) is 13.2. The molecule has 0 heterocycles. The third-order valence-electron chi connectivity index (χ3n) is 2.47. The third-order valence-corrected chi connectivity index (χ3v) is 2.47. The molecule has 0 aliphatic carbocycles. The number of carbonyl (C=O) groups is 1. The highest BCUT2D eigenvalue weighted by atomic mass is 16.5. The topological polar surface area (TPSA) is 46.5 Å². The summed E-state index contributed by atoms with van der Waals surface area (Å²) >= 11 is 0. The lowest BCUT2D eigenvalue weighted by atomic mass is 10.1. The summed E-state index contributed by atoms with van der Waals surface area (Å²) in [6.07, 6.45) is 2.56. The maximum atomic E-state index is 10.5. The first kappa shape index (κ1) is 13.3. The van der Waals surface area contributed by atoms with Crippen LogP contribution in [0, 0.1) is 0 Å². The average molecular weight is 234 g/mol. The summed E-state index contributed by atoms with van der Waals surface area (Å²) in [5.41, 5.74) is 2.31. The molecule has 1 N–H and O–H groups in total. The van der Waals surface area contributed by atoms with E-state index in [1.165, 1.54) is 12.5 Å². The molecule has 92 valence electrons. The van der Waals surface area contributed by atoms with Gasteiger partial charge in [0.15, 0.2) is 6.10 Å². The first-order chi connectivity index (χ1) is 8.09. The van der Waals surface area contributed by atoms with Crippen LogP contribution in [0.25, 0.3) is 0 Å². The van der Waals surface area contributed by atoms with Gasteiger partial charge in [-0.25, -0.2) is 4.79 Å². The molecular weight excluding hydrogens is 216 g/mol. The van der Waals surface area contributed by atoms with Crippen LogP contribution in [0.1, 0.15) is 25.8 Å². The van der Waals surface area contributed by atoms with Gasteiger partial charge in [0, 0.05) is 0 Å². The molecule has 3 nitrogen and oxygen atoms in total. The van der Waals surface area contributed by atoms with Crippen LogP contribution >= 0.6 is 0 Å². The number of aryl methyl sites for hydroxylation is 1. The monoisotopic (exact) mass is 234 g/mol. The van der Waals surface area contributed by atoms with Crippen LogP contribution in [0.4, 0.5) is 0 Å². The van der Waals surface area contributed by atoms with Gasteiger partial charge in [0.2, 0.25) is 0 Å². The minimum Gasteiger partial charge on any atom is -0.487 e. The van der Waals surface area contributed by atoms with Crippen LogP contribution < -0.4 is 0 Å². The number of allylic oxidation sites excluding steroid dienone is 1. The lowest BCUT2D eigenvalue weighted by molar-refractivity contribution is -0.145. The van der Waals surface area contributed by atoms with Crippen molar-refractivity contribution in [3.05, 3.63) is 47.7 Å². The molecule has 3 heteroatoms. The van der Waals surface area contributed by atoms with E-state index in [4.69, 9.17) is 9.84 Å². The Kier molecular flexibility index (Phi) is 5.27. The van der Waals surface area contributed by atoms with Gasteiger partial charge in [0.25, 0.3) is 0 Å². The summed E-state index contributed by atoms with van der Waals surface area (Å²) < 4.78 is 5.09. The van der Waals surface area contributed by atoms with Crippen LogP contribution in [0.2, 0.25) is 0 Å². The van der Waals surface area contributed by atoms with E-state index in [1.807, 2.05) is 25.1 Å². The van der Waals surface area contributed by atoms with Gasteiger partial charge in [-0.2, -0.15) is 0 Å². The SMILES string of the molecule is CC(=COC(C)C(=O)O)CCc1ccccc1. The number of hydrogen-bond acceptors (Lipinski definition) is 2. The van der Waals surface area contributed by atoms with Gasteiger partial charge in [0.05, 0.1) is 6.26 Å². The Morgan fingerprint density at radius 1 is 1.41 bits per heavy atom. The van der Waals surface area contributed by atoms with Crippen molar-refractivity contribution < 1.29 is 14.6 Å². The Bertz CT molecular complexity index is 382. The number of benzene rings is 1. The van der Waals surface area contributed by atoms with E-state index in [1.54, 1.807) is 6.26 Å². The molecule has 0 saturated heterocycles. The fourth-order valence-corrected chi connectivity index (χ4v) is 1.32. The highest BCUT2D eigenvalue weighted by molar-refractivity contribution is 5.71. The summed E-state index contributed by atoms with van der Waals surface area (Å²) in [7, 11) is 0. The van der Waals surface area contributed by atoms with Gasteiger partial charge in [-0.3, -0.25) is 0 Å². The van der Waals surface area contributed by atoms with Crippen LogP contribution in [-0.4, -0.2) is 17.2 Å². The van der Waals surface area contributed by atoms with Crippen molar-refractivity contribution in [1.82, 2.24) is 0 Å². The zero-order valence-corrected chi connectivity index (χ0v) is 10.2. The Morgan fingerprint density at radius 2 is 2.06 bits per heavy atom. The number of carboxylic acid groups (broad SMARTS) is 1. The predicted molar refractivity (Wildman–Crippen MR) is 66.7 cm³/mol. The van der Waals surface area contributed by atoms with Crippen molar-refractivity contribution in [2.45, 2.75) is 32.8 Å². The van der Waals surface area contributed by atoms with Crippen molar-refractivity contribution >= 4 is 5.97 Å². The largest absolute Gasteiger partial charge is 0.487 e. The van der Waals surface area contributed by atoms with Gasteiger partial charge in [-0.15, -0.1) is 0 Å². The molecule has 0 aliphatic heterocycles. The van der Waals surface area contributed by atoms with E-state index >= 15 is 0 Å². The van der Waals surface area contributed by atoms with Crippen LogP contribution in [0.15, 0.2) is 42.2 Å². The maximum absolute atomic E-state index is 10.5. The number of aliphatic carboxylic acids is 1. The predicted octanol–water partition coefficient (Wildman–Crippen LogP) is 3.01. The van der Waals surface area contributed by atoms with Gasteiger partial charge >= 0.3 is 5.97 Å². The van der Waals surface area contributed by atoms with Gasteiger partial charge in [0.1, 0.15) is 0 Å². The first-order valence-corrected chi connectivity index (χ1v) is 5.67. The molecule has 17 heavy (non-hydrogen) atoms. The standard InChI is InChI=1S/C14H18O3/c1-11(10-17-12(2)14(15)16)8-9-13-6-4-3-5-7-13/h3-7,10,12H,8-9H2,1-2H3,(H,15,16). The Hall–Kier alpha value is -1.77. The molecular formula is C14H18O3. The third kappa shape index (κ3) is 5.20. The van der Waals surface area contributed by atoms with Crippen molar-refractivity contribution in [2.75, 3.05) is 0 Å². The van der Waals surface area contributed by atoms with Crippen LogP contribution in [0.3, 0.4) is 0 Å². The minimum absolute atomic E-state index is 0.790. The van der Waals surface area contributed by atoms with Crippen LogP contribution in [-0.2, 0) is 16.0 Å². The molecule has 0 bridgehead atoms. The second-order valence-electron chi connectivity index (χ2n) is 4.07. The first-order valence-electron chi connectivity index (χ1n) is 5.67. The fraction of sp³-hybridized carbons (Fsp3) is 0.357. The van der Waals surface area contributed by atoms with Gasteiger partial charge in [-0.05, 0) is 37.8 Å². The molecule has 1 atom stereocenters. The van der Waals surface area contributed by atoms with Gasteiger partial charge < -0.3 is 9.84 Å². The maximum Gasteiger partial charge on any atom is 0.344 e. The van der Waals surface area contributed by atoms with E-state index in [0.29, 0.717) is 0 Å². The second kappa shape index (κ2) is 6.74. The molecule has 1 aromatic rings. The molecule has 0 radical (unpaired) electrons. The molecule has 1 unspecified atom stereocenters. The highest BCUT2D eigenvalue weighted by Crippen LogP contribution is 2.09. The summed E-state index contributed by atoms with van der Waals surface area (Å²) in [4.78, 5) is 10.5. The fourth-order valence-electron chi connectivity index (χ4n) is 1.32. The van der Waals surface area contributed by atoms with Crippen molar-refractivity contribution in [3.8, 4) is 0 Å². The Balaban J connectivity index is 2.37. The van der Waals surface area contributed by atoms with Crippen LogP contribution in [0.5, 0.6) is 0 Å². The average Bonchev–Trinajstić information content (AvgIpc) is 2.34. The summed E-state index contributed by atoms with van der Waals surface area (Å²) in [5, 5.41) is 8.65. The van der Waals surface area contributed by atoms with Crippen molar-refractivity contribution in [3.63, 3.8) is 0 Å². The van der Waals surface area contributed by atoms with E-state index in [0.717, 1.165) is 18.4 Å². The molecule has 0 aliphatic rings. The molecule has 0 spiro atoms. The second-order valence-corrected chi connectivity index (χ2v) is 4.07. The molecule has 1 aromatic carbocycles. The van der Waals surface area contributed by atoms with E-state index in [-0.39, 0.29) is 0 Å². The minimum atomic E-state index is -0.947. The molecule has 0 fully saturated rings. The number of ether oxygens (including phenoxy) is 1. The van der Waals surface area contributed by atoms with E-state index < -0.39 is 12.1 Å². The lowest BCUT2D eigenvalue weighted by Gasteiger charge is -2.07. The molecule has 0 aromatic heterocycles. The highest BCUT2D eigenvalue weighted by Gasteiger charge is 2.09. The van der Waals surface area contributed by atoms with Crippen molar-refractivity contribution in [1.29, 1.82) is 0 Å². The quantitative estimate of drug-likeness (QED) is 0.769. The van der Waals surface area contributed by atoms with E-state index in [9.17, 15) is 4.79 Å². The smallest absolute Gasteiger partial charge is 0.344 e. The summed E-state index contributed by atoms with van der Waals surface area (Å²) in [6, 6.07) is 10.2. The van der Waals surface area contributed by atoms with E-state index in [2.05, 4.69) is 12.1 Å². The molecule has 0 amide bonds. The number of hydrogen-bond donors (Lipinski definition) is 1. The Labute approximate surface area is 102 Å². The lowest BCUT2D eigenvalue weighted by Crippen LogP contribution is -2.17. The van der Waals surface area contributed by atoms with Gasteiger partial charge in [-0.1, -0.05) is 30.3 Å². The molecule has 0 saturated carbocycles. The summed E-state index contributed by atoms with van der Waals surface area (Å²) in [6.45, 7) is 3.46. The number of carboxylic acids is 1. The summed E-state index contributed by atoms with van der Waals surface area (Å²) in [5.74, 6) is -0.947.